The number of carbonyl (C=O) groups excluding carboxylic acids is 1. The molecule has 0 unspecified atom stereocenters. The van der Waals surface area contributed by atoms with Crippen LogP contribution in [0.3, 0.4) is 0 Å². The van der Waals surface area contributed by atoms with E-state index in [1.54, 1.807) is 23.4 Å². The summed E-state index contributed by atoms with van der Waals surface area (Å²) in [6.07, 6.45) is 3.52. The molecule has 0 saturated carbocycles. The van der Waals surface area contributed by atoms with Gasteiger partial charge in [0, 0.05) is 48.8 Å². The third-order valence-corrected chi connectivity index (χ3v) is 4.93. The largest absolute Gasteiger partial charge is 0.573 e. The van der Waals surface area contributed by atoms with Crippen molar-refractivity contribution < 1.29 is 22.7 Å². The molecule has 1 aliphatic rings. The van der Waals surface area contributed by atoms with Crippen molar-refractivity contribution in [3.8, 4) is 17.0 Å². The van der Waals surface area contributed by atoms with Gasteiger partial charge in [-0.25, -0.2) is 15.0 Å². The van der Waals surface area contributed by atoms with E-state index in [1.807, 2.05) is 0 Å². The zero-order chi connectivity index (χ0) is 24.1. The van der Waals surface area contributed by atoms with Gasteiger partial charge in [0.1, 0.15) is 11.6 Å². The van der Waals surface area contributed by atoms with Crippen LogP contribution in [0.15, 0.2) is 61.7 Å². The summed E-state index contributed by atoms with van der Waals surface area (Å²) in [7, 11) is 0. The van der Waals surface area contributed by atoms with Crippen LogP contribution in [0.4, 0.5) is 30.6 Å². The first-order valence-corrected chi connectivity index (χ1v) is 10.2. The Labute approximate surface area is 192 Å². The molecule has 1 aliphatic heterocycles. The number of halogens is 3. The lowest BCUT2D eigenvalue weighted by Gasteiger charge is -2.15. The van der Waals surface area contributed by atoms with Gasteiger partial charge in [-0.05, 0) is 24.6 Å². The van der Waals surface area contributed by atoms with Crippen LogP contribution in [0.2, 0.25) is 0 Å². The van der Waals surface area contributed by atoms with Crippen LogP contribution in [-0.2, 0) is 4.79 Å². The molecular weight excluding hydrogens is 451 g/mol. The quantitative estimate of drug-likeness (QED) is 0.502. The molecule has 12 heteroatoms. The van der Waals surface area contributed by atoms with Crippen molar-refractivity contribution in [2.45, 2.75) is 18.8 Å². The fraction of sp³-hybridized carbons (Fsp3) is 0.227. The molecule has 0 radical (unpaired) electrons. The van der Waals surface area contributed by atoms with Crippen molar-refractivity contribution in [1.82, 2.24) is 24.8 Å². The number of anilines is 3. The molecular formula is C22H20F3N7O2. The Hall–Kier alpha value is -4.22. The van der Waals surface area contributed by atoms with Crippen LogP contribution >= 0.6 is 0 Å². The number of carbonyl (C=O) groups is 1. The van der Waals surface area contributed by atoms with Gasteiger partial charge < -0.3 is 20.3 Å². The van der Waals surface area contributed by atoms with E-state index in [0.717, 1.165) is 6.42 Å². The van der Waals surface area contributed by atoms with Crippen LogP contribution in [0.5, 0.6) is 5.75 Å². The fourth-order valence-electron chi connectivity index (χ4n) is 3.42. The Kier molecular flexibility index (Phi) is 6.57. The molecule has 1 amide bonds. The maximum absolute atomic E-state index is 12.4. The molecule has 3 aromatic rings. The summed E-state index contributed by atoms with van der Waals surface area (Å²) < 4.78 is 41.1. The third-order valence-electron chi connectivity index (χ3n) is 4.93. The van der Waals surface area contributed by atoms with Crippen LogP contribution in [-0.4, -0.2) is 56.2 Å². The second-order valence-electron chi connectivity index (χ2n) is 7.40. The highest BCUT2D eigenvalue weighted by molar-refractivity contribution is 5.87. The molecule has 9 nitrogen and oxygen atoms in total. The molecule has 0 spiro atoms. The summed E-state index contributed by atoms with van der Waals surface area (Å²) in [4.78, 5) is 30.6. The molecule has 0 aliphatic carbocycles. The molecule has 1 saturated heterocycles. The van der Waals surface area contributed by atoms with E-state index in [2.05, 4.69) is 41.9 Å². The molecule has 1 aromatic carbocycles. The summed E-state index contributed by atoms with van der Waals surface area (Å²) >= 11 is 0. The minimum absolute atomic E-state index is 0.0494. The van der Waals surface area contributed by atoms with Gasteiger partial charge in [-0.1, -0.05) is 12.6 Å². The van der Waals surface area contributed by atoms with Gasteiger partial charge in [-0.2, -0.15) is 0 Å². The minimum atomic E-state index is -4.78. The van der Waals surface area contributed by atoms with Gasteiger partial charge in [0.05, 0.1) is 18.1 Å². The monoisotopic (exact) mass is 471 g/mol. The smallest absolute Gasteiger partial charge is 0.406 e. The van der Waals surface area contributed by atoms with E-state index < -0.39 is 6.36 Å². The summed E-state index contributed by atoms with van der Waals surface area (Å²) in [5.41, 5.74) is 1.47. The van der Waals surface area contributed by atoms with Crippen LogP contribution in [0.25, 0.3) is 11.3 Å². The lowest BCUT2D eigenvalue weighted by molar-refractivity contribution is -0.274. The average Bonchev–Trinajstić information content (AvgIpc) is 3.27. The van der Waals surface area contributed by atoms with Crippen LogP contribution in [0, 0.1) is 0 Å². The van der Waals surface area contributed by atoms with Crippen molar-refractivity contribution in [2.24, 2.45) is 0 Å². The van der Waals surface area contributed by atoms with E-state index in [4.69, 9.17) is 0 Å². The summed E-state index contributed by atoms with van der Waals surface area (Å²) in [5, 5.41) is 6.11. The number of hydrogen-bond donors (Lipinski definition) is 2. The number of nitrogens with one attached hydrogen (secondary N) is 2. The lowest BCUT2D eigenvalue weighted by Crippen LogP contribution is -2.30. The molecule has 176 valence electrons. The van der Waals surface area contributed by atoms with Crippen molar-refractivity contribution in [3.63, 3.8) is 0 Å². The summed E-state index contributed by atoms with van der Waals surface area (Å²) in [5.74, 6) is 0.287. The van der Waals surface area contributed by atoms with Crippen LogP contribution < -0.4 is 15.4 Å². The van der Waals surface area contributed by atoms with Crippen LogP contribution in [0.1, 0.15) is 6.42 Å². The molecule has 2 N–H and O–H groups in total. The Morgan fingerprint density at radius 2 is 2.00 bits per heavy atom. The molecule has 34 heavy (non-hydrogen) atoms. The van der Waals surface area contributed by atoms with E-state index >= 15 is 0 Å². The first kappa shape index (κ1) is 23.0. The van der Waals surface area contributed by atoms with E-state index in [9.17, 15) is 18.0 Å². The maximum Gasteiger partial charge on any atom is 0.573 e. The topological polar surface area (TPSA) is 105 Å². The number of benzene rings is 1. The van der Waals surface area contributed by atoms with E-state index in [1.165, 1.54) is 36.7 Å². The highest BCUT2D eigenvalue weighted by Gasteiger charge is 2.31. The van der Waals surface area contributed by atoms with Gasteiger partial charge in [-0.3, -0.25) is 9.78 Å². The SMILES string of the molecule is C=CC(=O)N1CC[C@H](Nc2cncc(-c3cnc(Nc4cccc(OC(F)(F)F)c4)nc3)n2)C1. The molecule has 4 rings (SSSR count). The number of aromatic nitrogens is 4. The molecule has 1 fully saturated rings. The Bertz CT molecular complexity index is 1170. The van der Waals surface area contributed by atoms with Crippen molar-refractivity contribution in [1.29, 1.82) is 0 Å². The van der Waals surface area contributed by atoms with Gasteiger partial charge in [0.15, 0.2) is 0 Å². The van der Waals surface area contributed by atoms with E-state index in [0.29, 0.717) is 35.9 Å². The normalized spacial score (nSPS) is 15.6. The minimum Gasteiger partial charge on any atom is -0.406 e. The zero-order valence-corrected chi connectivity index (χ0v) is 17.8. The molecule has 1 atom stereocenters. The highest BCUT2D eigenvalue weighted by atomic mass is 19.4. The van der Waals surface area contributed by atoms with Gasteiger partial charge in [0.2, 0.25) is 11.9 Å². The van der Waals surface area contributed by atoms with Crippen molar-refractivity contribution in [2.75, 3.05) is 23.7 Å². The first-order chi connectivity index (χ1) is 16.3. The predicted octanol–water partition coefficient (Wildman–Crippen LogP) is 3.77. The maximum atomic E-state index is 12.4. The second kappa shape index (κ2) is 9.73. The molecule has 2 aromatic heterocycles. The van der Waals surface area contributed by atoms with E-state index in [-0.39, 0.29) is 23.6 Å². The first-order valence-electron chi connectivity index (χ1n) is 10.2. The average molecular weight is 471 g/mol. The highest BCUT2D eigenvalue weighted by Crippen LogP contribution is 2.26. The lowest BCUT2D eigenvalue weighted by atomic mass is 10.2. The summed E-state index contributed by atoms with van der Waals surface area (Å²) in [6, 6.07) is 5.42. The molecule has 3 heterocycles. The van der Waals surface area contributed by atoms with Gasteiger partial charge in [0.25, 0.3) is 0 Å². The third kappa shape index (κ3) is 5.97. The van der Waals surface area contributed by atoms with Gasteiger partial charge >= 0.3 is 6.36 Å². The Morgan fingerprint density at radius 1 is 1.21 bits per heavy atom. The second-order valence-corrected chi connectivity index (χ2v) is 7.40. The number of ether oxygens (including phenoxy) is 1. The number of rotatable bonds is 7. The number of nitrogens with zero attached hydrogens (tertiary/aromatic N) is 5. The standard InChI is InChI=1S/C22H20F3N7O2/c1-2-20(33)32-7-6-16(13-32)29-19-12-26-11-18(31-19)14-9-27-21(28-10-14)30-15-4-3-5-17(8-15)34-22(23,24)25/h2-5,8-12,16H,1,6-7,13H2,(H,29,31)(H,27,28,30)/t16-/m0/s1. The Morgan fingerprint density at radius 3 is 2.74 bits per heavy atom. The predicted molar refractivity (Wildman–Crippen MR) is 118 cm³/mol. The van der Waals surface area contributed by atoms with Crippen molar-refractivity contribution in [3.05, 3.63) is 61.7 Å². The number of amides is 1. The number of hydrogen-bond acceptors (Lipinski definition) is 8. The Balaban J connectivity index is 1.40. The number of alkyl halides is 3. The zero-order valence-electron chi connectivity index (χ0n) is 17.8. The van der Waals surface area contributed by atoms with Gasteiger partial charge in [-0.15, -0.1) is 13.2 Å². The van der Waals surface area contributed by atoms with Crippen molar-refractivity contribution >= 4 is 23.4 Å². The number of likely N-dealkylation sites (tertiary alicyclic amines) is 1. The fourth-order valence-corrected chi connectivity index (χ4v) is 3.42. The summed E-state index contributed by atoms with van der Waals surface area (Å²) in [6.45, 7) is 4.70. The molecule has 0 bridgehead atoms.